The molecule has 1 rings (SSSR count). The van der Waals surface area contributed by atoms with Crippen molar-refractivity contribution in [2.45, 2.75) is 6.92 Å². The number of carbonyl (C=O) groups is 1. The van der Waals surface area contributed by atoms with Crippen molar-refractivity contribution in [1.29, 1.82) is 0 Å². The fourth-order valence-corrected chi connectivity index (χ4v) is 1.13. The van der Waals surface area contributed by atoms with Crippen LogP contribution in [0.1, 0.15) is 17.3 Å². The van der Waals surface area contributed by atoms with Crippen LogP contribution in [0.25, 0.3) is 0 Å². The molecule has 3 nitrogen and oxygen atoms in total. The van der Waals surface area contributed by atoms with Crippen molar-refractivity contribution in [3.05, 3.63) is 29.8 Å². The lowest BCUT2D eigenvalue weighted by molar-refractivity contribution is 0.0948. The van der Waals surface area contributed by atoms with Gasteiger partial charge in [-0.3, -0.25) is 9.69 Å². The van der Waals surface area contributed by atoms with Gasteiger partial charge in [-0.15, -0.1) is 0 Å². The molecule has 0 saturated heterocycles. The third-order valence-corrected chi connectivity index (χ3v) is 2.12. The number of Topliss-reactive ketones (excluding diaryl/α,β-unsaturated/α-hetero) is 1. The summed E-state index contributed by atoms with van der Waals surface area (Å²) in [5, 5.41) is 9.19. The second kappa shape index (κ2) is 4.77. The van der Waals surface area contributed by atoms with Gasteiger partial charge in [0, 0.05) is 5.56 Å². The van der Waals surface area contributed by atoms with Gasteiger partial charge in [0.15, 0.2) is 5.78 Å². The van der Waals surface area contributed by atoms with E-state index in [-0.39, 0.29) is 11.5 Å². The van der Waals surface area contributed by atoms with Gasteiger partial charge < -0.3 is 5.11 Å². The number of carbonyl (C=O) groups excluding carboxylic acids is 1. The number of likely N-dealkylation sites (N-methyl/N-ethyl adjacent to an activating group) is 1. The molecule has 0 heterocycles. The van der Waals surface area contributed by atoms with Crippen molar-refractivity contribution >= 4 is 5.78 Å². The Kier molecular flexibility index (Phi) is 3.65. The zero-order valence-corrected chi connectivity index (χ0v) is 8.53. The molecule has 0 aliphatic heterocycles. The lowest BCUT2D eigenvalue weighted by Crippen LogP contribution is -2.25. The predicted molar refractivity (Wildman–Crippen MR) is 55.6 cm³/mol. The van der Waals surface area contributed by atoms with Crippen LogP contribution in [0.15, 0.2) is 24.3 Å². The summed E-state index contributed by atoms with van der Waals surface area (Å²) >= 11 is 0. The van der Waals surface area contributed by atoms with Gasteiger partial charge in [0.1, 0.15) is 5.75 Å². The Morgan fingerprint density at radius 2 is 2.21 bits per heavy atom. The molecule has 0 aliphatic rings. The van der Waals surface area contributed by atoms with E-state index in [0.29, 0.717) is 12.1 Å². The van der Waals surface area contributed by atoms with Crippen LogP contribution in [-0.4, -0.2) is 35.9 Å². The maximum absolute atomic E-state index is 11.6. The van der Waals surface area contributed by atoms with Crippen LogP contribution < -0.4 is 0 Å². The monoisotopic (exact) mass is 193 g/mol. The first-order valence-electron chi connectivity index (χ1n) is 4.64. The van der Waals surface area contributed by atoms with Crippen LogP contribution >= 0.6 is 0 Å². The SMILES string of the molecule is CCN(C)CC(=O)c1cccc(O)c1. The van der Waals surface area contributed by atoms with E-state index in [4.69, 9.17) is 0 Å². The molecule has 0 atom stereocenters. The number of phenols is 1. The summed E-state index contributed by atoms with van der Waals surface area (Å²) in [6.07, 6.45) is 0. The molecule has 1 N–H and O–H groups in total. The molecule has 0 amide bonds. The zero-order valence-electron chi connectivity index (χ0n) is 8.53. The maximum atomic E-state index is 11.6. The van der Waals surface area contributed by atoms with E-state index in [1.807, 2.05) is 18.9 Å². The Balaban J connectivity index is 2.70. The number of aromatic hydroxyl groups is 1. The first-order chi connectivity index (χ1) is 6.63. The Morgan fingerprint density at radius 3 is 2.79 bits per heavy atom. The molecular formula is C11H15NO2. The van der Waals surface area contributed by atoms with Gasteiger partial charge in [-0.25, -0.2) is 0 Å². The summed E-state index contributed by atoms with van der Waals surface area (Å²) in [6, 6.07) is 6.44. The molecule has 1 aromatic rings. The molecule has 0 fully saturated rings. The lowest BCUT2D eigenvalue weighted by Gasteiger charge is -2.12. The van der Waals surface area contributed by atoms with E-state index >= 15 is 0 Å². The van der Waals surface area contributed by atoms with E-state index in [2.05, 4.69) is 0 Å². The number of hydrogen-bond acceptors (Lipinski definition) is 3. The van der Waals surface area contributed by atoms with Gasteiger partial charge in [-0.2, -0.15) is 0 Å². The minimum absolute atomic E-state index is 0.0326. The number of hydrogen-bond donors (Lipinski definition) is 1. The standard InChI is InChI=1S/C11H15NO2/c1-3-12(2)8-11(14)9-5-4-6-10(13)7-9/h4-7,13H,3,8H2,1-2H3. The van der Waals surface area contributed by atoms with Crippen molar-refractivity contribution in [1.82, 2.24) is 4.90 Å². The third-order valence-electron chi connectivity index (χ3n) is 2.12. The zero-order chi connectivity index (χ0) is 10.6. The normalized spacial score (nSPS) is 10.5. The average Bonchev–Trinajstić information content (AvgIpc) is 2.17. The number of rotatable bonds is 4. The highest BCUT2D eigenvalue weighted by atomic mass is 16.3. The van der Waals surface area contributed by atoms with Gasteiger partial charge in [0.2, 0.25) is 0 Å². The molecule has 3 heteroatoms. The van der Waals surface area contributed by atoms with Crippen molar-refractivity contribution in [2.75, 3.05) is 20.1 Å². The van der Waals surface area contributed by atoms with Gasteiger partial charge >= 0.3 is 0 Å². The van der Waals surface area contributed by atoms with E-state index in [1.54, 1.807) is 18.2 Å². The second-order valence-corrected chi connectivity index (χ2v) is 3.30. The highest BCUT2D eigenvalue weighted by Gasteiger charge is 2.08. The summed E-state index contributed by atoms with van der Waals surface area (Å²) in [5.41, 5.74) is 0.560. The first kappa shape index (κ1) is 10.7. The second-order valence-electron chi connectivity index (χ2n) is 3.30. The molecule has 0 spiro atoms. The topological polar surface area (TPSA) is 40.5 Å². The summed E-state index contributed by atoms with van der Waals surface area (Å²) in [7, 11) is 1.89. The molecule has 0 bridgehead atoms. The van der Waals surface area contributed by atoms with Gasteiger partial charge in [0.05, 0.1) is 6.54 Å². The Labute approximate surface area is 84.0 Å². The quantitative estimate of drug-likeness (QED) is 0.737. The van der Waals surface area contributed by atoms with Crippen LogP contribution in [0.5, 0.6) is 5.75 Å². The summed E-state index contributed by atoms with van der Waals surface area (Å²) in [6.45, 7) is 3.22. The summed E-state index contributed by atoms with van der Waals surface area (Å²) in [4.78, 5) is 13.5. The van der Waals surface area contributed by atoms with Crippen LogP contribution in [-0.2, 0) is 0 Å². The smallest absolute Gasteiger partial charge is 0.176 e. The Bertz CT molecular complexity index is 323. The van der Waals surface area contributed by atoms with Gasteiger partial charge in [0.25, 0.3) is 0 Å². The third kappa shape index (κ3) is 2.85. The first-order valence-corrected chi connectivity index (χ1v) is 4.64. The van der Waals surface area contributed by atoms with Crippen LogP contribution in [0.4, 0.5) is 0 Å². The number of ketones is 1. The van der Waals surface area contributed by atoms with E-state index in [9.17, 15) is 9.90 Å². The molecule has 0 saturated carbocycles. The average molecular weight is 193 g/mol. The molecule has 0 aliphatic carbocycles. The molecule has 14 heavy (non-hydrogen) atoms. The maximum Gasteiger partial charge on any atom is 0.176 e. The van der Waals surface area contributed by atoms with Gasteiger partial charge in [-0.1, -0.05) is 19.1 Å². The Hall–Kier alpha value is -1.35. The number of phenolic OH excluding ortho intramolecular Hbond substituents is 1. The van der Waals surface area contributed by atoms with Crippen molar-refractivity contribution in [2.24, 2.45) is 0 Å². The fourth-order valence-electron chi connectivity index (χ4n) is 1.13. The molecule has 76 valence electrons. The van der Waals surface area contributed by atoms with Crippen molar-refractivity contribution in [3.63, 3.8) is 0 Å². The Morgan fingerprint density at radius 1 is 1.50 bits per heavy atom. The minimum atomic E-state index is 0.0326. The molecule has 0 radical (unpaired) electrons. The molecular weight excluding hydrogens is 178 g/mol. The van der Waals surface area contributed by atoms with Crippen molar-refractivity contribution in [3.8, 4) is 5.75 Å². The van der Waals surface area contributed by atoms with Crippen LogP contribution in [0.3, 0.4) is 0 Å². The van der Waals surface area contributed by atoms with Crippen LogP contribution in [0.2, 0.25) is 0 Å². The number of benzene rings is 1. The van der Waals surface area contributed by atoms with E-state index < -0.39 is 0 Å². The fraction of sp³-hybridized carbons (Fsp3) is 0.364. The highest BCUT2D eigenvalue weighted by molar-refractivity contribution is 5.97. The summed E-state index contributed by atoms with van der Waals surface area (Å²) in [5.74, 6) is 0.167. The number of nitrogens with zero attached hydrogens (tertiary/aromatic N) is 1. The predicted octanol–water partition coefficient (Wildman–Crippen LogP) is 1.53. The van der Waals surface area contributed by atoms with E-state index in [0.717, 1.165) is 6.54 Å². The van der Waals surface area contributed by atoms with Gasteiger partial charge in [-0.05, 0) is 25.7 Å². The molecule has 1 aromatic carbocycles. The minimum Gasteiger partial charge on any atom is -0.508 e. The van der Waals surface area contributed by atoms with Crippen LogP contribution in [0, 0.1) is 0 Å². The van der Waals surface area contributed by atoms with Crippen molar-refractivity contribution < 1.29 is 9.90 Å². The molecule has 0 aromatic heterocycles. The highest BCUT2D eigenvalue weighted by Crippen LogP contribution is 2.11. The summed E-state index contributed by atoms with van der Waals surface area (Å²) < 4.78 is 0. The molecule has 0 unspecified atom stereocenters. The lowest BCUT2D eigenvalue weighted by atomic mass is 10.1. The van der Waals surface area contributed by atoms with E-state index in [1.165, 1.54) is 6.07 Å². The largest absolute Gasteiger partial charge is 0.508 e.